The van der Waals surface area contributed by atoms with Gasteiger partial charge in [0.25, 0.3) is 0 Å². The Kier molecular flexibility index (Phi) is 6.26. The van der Waals surface area contributed by atoms with E-state index in [9.17, 15) is 13.0 Å². The first-order valence-electron chi connectivity index (χ1n) is 2.93. The molecule has 0 atom stereocenters. The van der Waals surface area contributed by atoms with Gasteiger partial charge in [-0.05, 0) is 34.7 Å². The number of hydrogen-bond donors (Lipinski definition) is 0. The van der Waals surface area contributed by atoms with E-state index in [0.29, 0.717) is 3.57 Å². The van der Waals surface area contributed by atoms with Gasteiger partial charge in [-0.2, -0.15) is 0 Å². The third-order valence-corrected chi connectivity index (χ3v) is 4.36. The molecule has 0 aliphatic rings. The van der Waals surface area contributed by atoms with Crippen LogP contribution in [0.25, 0.3) is 0 Å². The van der Waals surface area contributed by atoms with Gasteiger partial charge in [-0.3, -0.25) is 0 Å². The summed E-state index contributed by atoms with van der Waals surface area (Å²) in [5, 5.41) is -0.136. The van der Waals surface area contributed by atoms with Crippen LogP contribution in [-0.4, -0.2) is 13.0 Å². The summed E-state index contributed by atoms with van der Waals surface area (Å²) < 4.78 is 32.4. The van der Waals surface area contributed by atoms with E-state index in [1.807, 2.05) is 22.6 Å². The molecule has 0 spiro atoms. The van der Waals surface area contributed by atoms with Crippen LogP contribution in [0.3, 0.4) is 0 Å². The van der Waals surface area contributed by atoms with E-state index in [2.05, 4.69) is 0 Å². The van der Waals surface area contributed by atoms with Crippen molar-refractivity contribution in [3.63, 3.8) is 0 Å². The maximum absolute atomic E-state index is 10.6. The SMILES string of the molecule is O=S(=O)([O-])c1ccc(I)c(Cl)c1Cl.[Na+]. The van der Waals surface area contributed by atoms with Gasteiger partial charge in [0.1, 0.15) is 10.1 Å². The molecule has 1 aromatic carbocycles. The number of hydrogen-bond acceptors (Lipinski definition) is 3. The van der Waals surface area contributed by atoms with Gasteiger partial charge in [0.2, 0.25) is 0 Å². The molecule has 0 saturated heterocycles. The maximum Gasteiger partial charge on any atom is 1.00 e. The van der Waals surface area contributed by atoms with Gasteiger partial charge in [0.15, 0.2) is 0 Å². The van der Waals surface area contributed by atoms with Crippen molar-refractivity contribution in [2.75, 3.05) is 0 Å². The van der Waals surface area contributed by atoms with Crippen molar-refractivity contribution < 1.29 is 42.5 Å². The van der Waals surface area contributed by atoms with Gasteiger partial charge >= 0.3 is 29.6 Å². The van der Waals surface area contributed by atoms with Crippen molar-refractivity contribution >= 4 is 55.9 Å². The standard InChI is InChI=1S/C6H3Cl2IO3S.Na/c7-5-3(9)1-2-4(6(5)8)13(10,11)12;/h1-2H,(H,10,11,12);/q;+1/p-1. The van der Waals surface area contributed by atoms with E-state index < -0.39 is 15.0 Å². The first-order chi connectivity index (χ1) is 5.84. The first-order valence-corrected chi connectivity index (χ1v) is 6.17. The van der Waals surface area contributed by atoms with Crippen molar-refractivity contribution in [1.82, 2.24) is 0 Å². The number of halogens is 3. The fourth-order valence-electron chi connectivity index (χ4n) is 0.701. The van der Waals surface area contributed by atoms with Crippen molar-refractivity contribution in [2.24, 2.45) is 0 Å². The van der Waals surface area contributed by atoms with Crippen molar-refractivity contribution in [3.05, 3.63) is 25.7 Å². The molecule has 0 heterocycles. The van der Waals surface area contributed by atoms with Gasteiger partial charge in [0, 0.05) is 3.57 Å². The Balaban J connectivity index is 0.00000169. The van der Waals surface area contributed by atoms with Crippen molar-refractivity contribution in [1.29, 1.82) is 0 Å². The molecule has 0 radical (unpaired) electrons. The quantitative estimate of drug-likeness (QED) is 0.288. The summed E-state index contributed by atoms with van der Waals surface area (Å²) in [7, 11) is -4.54. The van der Waals surface area contributed by atoms with Crippen LogP contribution in [0.15, 0.2) is 17.0 Å². The van der Waals surface area contributed by atoms with Gasteiger partial charge in [0.05, 0.1) is 14.9 Å². The maximum atomic E-state index is 10.6. The summed E-state index contributed by atoms with van der Waals surface area (Å²) >= 11 is 13.1. The zero-order chi connectivity index (χ0) is 10.2. The molecule has 0 aliphatic carbocycles. The van der Waals surface area contributed by atoms with E-state index in [4.69, 9.17) is 23.2 Å². The Morgan fingerprint density at radius 3 is 2.14 bits per heavy atom. The second kappa shape index (κ2) is 5.67. The molecule has 1 aromatic rings. The average Bonchev–Trinajstić information content (AvgIpc) is 1.98. The van der Waals surface area contributed by atoms with Crippen LogP contribution in [0.1, 0.15) is 0 Å². The second-order valence-electron chi connectivity index (χ2n) is 2.13. The molecule has 0 fully saturated rings. The minimum atomic E-state index is -4.54. The van der Waals surface area contributed by atoms with E-state index in [1.165, 1.54) is 6.07 Å². The fraction of sp³-hybridized carbons (Fsp3) is 0. The molecule has 0 bridgehead atoms. The zero-order valence-electron chi connectivity index (χ0n) is 6.92. The van der Waals surface area contributed by atoms with Gasteiger partial charge in [-0.25, -0.2) is 8.42 Å². The van der Waals surface area contributed by atoms with Crippen LogP contribution in [0.4, 0.5) is 0 Å². The van der Waals surface area contributed by atoms with Crippen LogP contribution in [0, 0.1) is 3.57 Å². The minimum Gasteiger partial charge on any atom is -0.744 e. The molecule has 72 valence electrons. The van der Waals surface area contributed by atoms with E-state index >= 15 is 0 Å². The molecule has 0 unspecified atom stereocenters. The molecular formula is C6H2Cl2INaO3S. The van der Waals surface area contributed by atoms with E-state index in [0.717, 1.165) is 6.07 Å². The molecule has 14 heavy (non-hydrogen) atoms. The van der Waals surface area contributed by atoms with Crippen LogP contribution >= 0.6 is 45.8 Å². The molecule has 0 aliphatic heterocycles. The average molecular weight is 375 g/mol. The summed E-state index contributed by atoms with van der Waals surface area (Å²) in [6, 6.07) is 2.55. The molecule has 0 amide bonds. The normalized spacial score (nSPS) is 10.9. The van der Waals surface area contributed by atoms with Crippen LogP contribution in [-0.2, 0) is 10.1 Å². The Morgan fingerprint density at radius 2 is 1.71 bits per heavy atom. The Labute approximate surface area is 127 Å². The van der Waals surface area contributed by atoms with Crippen LogP contribution in [0.5, 0.6) is 0 Å². The number of benzene rings is 1. The fourth-order valence-corrected chi connectivity index (χ4v) is 2.54. The van der Waals surface area contributed by atoms with Gasteiger partial charge in [-0.1, -0.05) is 23.2 Å². The smallest absolute Gasteiger partial charge is 0.744 e. The molecule has 0 N–H and O–H groups in total. The molecule has 0 aromatic heterocycles. The first kappa shape index (κ1) is 15.4. The zero-order valence-corrected chi connectivity index (χ0v) is 13.4. The summed E-state index contributed by atoms with van der Waals surface area (Å²) in [6.45, 7) is 0. The number of rotatable bonds is 1. The largest absolute Gasteiger partial charge is 1.00 e. The summed E-state index contributed by atoms with van der Waals surface area (Å²) in [5.41, 5.74) is 0. The summed E-state index contributed by atoms with van der Waals surface area (Å²) in [5.74, 6) is 0. The van der Waals surface area contributed by atoms with Crippen LogP contribution < -0.4 is 29.6 Å². The third-order valence-electron chi connectivity index (χ3n) is 1.27. The van der Waals surface area contributed by atoms with Crippen LogP contribution in [0.2, 0.25) is 10.0 Å². The summed E-state index contributed by atoms with van der Waals surface area (Å²) in [4.78, 5) is -0.486. The predicted molar refractivity (Wildman–Crippen MR) is 57.1 cm³/mol. The summed E-state index contributed by atoms with van der Waals surface area (Å²) in [6.07, 6.45) is 0. The molecule has 3 nitrogen and oxygen atoms in total. The van der Waals surface area contributed by atoms with Crippen molar-refractivity contribution in [2.45, 2.75) is 4.90 Å². The predicted octanol–water partition coefficient (Wildman–Crippen LogP) is -0.494. The monoisotopic (exact) mass is 374 g/mol. The van der Waals surface area contributed by atoms with Gasteiger partial charge in [-0.15, -0.1) is 0 Å². The third kappa shape index (κ3) is 3.48. The van der Waals surface area contributed by atoms with Gasteiger partial charge < -0.3 is 4.55 Å². The topological polar surface area (TPSA) is 57.2 Å². The van der Waals surface area contributed by atoms with E-state index in [-0.39, 0.29) is 39.6 Å². The molecule has 0 saturated carbocycles. The Bertz CT molecular complexity index is 449. The Hall–Kier alpha value is 1.44. The van der Waals surface area contributed by atoms with E-state index in [1.54, 1.807) is 0 Å². The minimum absolute atomic E-state index is 0. The Morgan fingerprint density at radius 1 is 1.21 bits per heavy atom. The molecular weight excluding hydrogens is 373 g/mol. The van der Waals surface area contributed by atoms with Crippen molar-refractivity contribution in [3.8, 4) is 0 Å². The second-order valence-corrected chi connectivity index (χ2v) is 5.39. The molecule has 1 rings (SSSR count). The molecule has 8 heteroatoms.